The number of aliphatic carboxylic acids is 1. The first-order chi connectivity index (χ1) is 21.8. The number of hydrogen-bond donors (Lipinski definition) is 9. The number of phenolic OH excluding ortho intramolecular Hbond substituents is 3. The molecule has 244 valence electrons. The second-order valence-electron chi connectivity index (χ2n) is 10.7. The third-order valence-corrected chi connectivity index (χ3v) is 7.04. The summed E-state index contributed by atoms with van der Waals surface area (Å²) in [5.74, 6) is -4.53. The molecule has 14 heteroatoms. The maximum atomic E-state index is 13.5. The Balaban J connectivity index is 1.80. The summed E-state index contributed by atoms with van der Waals surface area (Å²) >= 11 is 0. The SMILES string of the molecule is NC(=O)CCC(NC(=O)C(N)Cc1ccc(O)cc1)C(=O)NC(Cc1ccc(O)cc1)C(=O)NC(Cc1ccc(O)cc1)C(=O)O. The third kappa shape index (κ3) is 11.1. The fraction of sp³-hybridized carbons (Fsp3) is 0.281. The van der Waals surface area contributed by atoms with E-state index in [0.29, 0.717) is 16.7 Å². The van der Waals surface area contributed by atoms with Crippen molar-refractivity contribution in [1.82, 2.24) is 16.0 Å². The molecule has 0 aliphatic carbocycles. The van der Waals surface area contributed by atoms with E-state index in [0.717, 1.165) is 0 Å². The van der Waals surface area contributed by atoms with Crippen LogP contribution in [0.2, 0.25) is 0 Å². The smallest absolute Gasteiger partial charge is 0.326 e. The van der Waals surface area contributed by atoms with Gasteiger partial charge in [-0.3, -0.25) is 19.2 Å². The molecule has 14 nitrogen and oxygen atoms in total. The normalized spacial score (nSPS) is 13.4. The summed E-state index contributed by atoms with van der Waals surface area (Å²) in [6.45, 7) is 0. The van der Waals surface area contributed by atoms with Crippen LogP contribution in [-0.2, 0) is 43.2 Å². The molecule has 11 N–H and O–H groups in total. The molecular formula is C32H37N5O9. The first-order valence-corrected chi connectivity index (χ1v) is 14.3. The van der Waals surface area contributed by atoms with E-state index in [2.05, 4.69) is 16.0 Å². The zero-order chi connectivity index (χ0) is 33.8. The Morgan fingerprint density at radius 3 is 1.37 bits per heavy atom. The number of hydrogen-bond acceptors (Lipinski definition) is 9. The van der Waals surface area contributed by atoms with Gasteiger partial charge in [-0.05, 0) is 65.9 Å². The Bertz CT molecular complexity index is 1510. The number of benzene rings is 3. The van der Waals surface area contributed by atoms with Crippen LogP contribution in [0.15, 0.2) is 72.8 Å². The second kappa shape index (κ2) is 16.4. The molecule has 4 amide bonds. The minimum absolute atomic E-state index is 0.0179. The van der Waals surface area contributed by atoms with Crippen molar-refractivity contribution in [3.8, 4) is 17.2 Å². The Morgan fingerprint density at radius 1 is 0.565 bits per heavy atom. The molecule has 3 aromatic rings. The predicted molar refractivity (Wildman–Crippen MR) is 165 cm³/mol. The number of carboxylic acids is 1. The van der Waals surface area contributed by atoms with Gasteiger partial charge in [0.05, 0.1) is 6.04 Å². The number of carbonyl (C=O) groups is 5. The Morgan fingerprint density at radius 2 is 0.935 bits per heavy atom. The standard InChI is InChI=1S/C32H37N5O9/c33-24(15-18-1-7-21(38)8-2-18)29(42)35-25(13-14-28(34)41)30(43)36-26(16-19-3-9-22(39)10-4-19)31(44)37-27(32(45)46)17-20-5-11-23(40)12-6-20/h1-12,24-27,38-40H,13-17,33H2,(H2,34,41)(H,35,42)(H,36,43)(H,37,44)(H,45,46). The molecule has 0 aliphatic rings. The predicted octanol–water partition coefficient (Wildman–Crippen LogP) is -0.0369. The van der Waals surface area contributed by atoms with E-state index in [1.807, 2.05) is 0 Å². The number of rotatable bonds is 16. The van der Waals surface area contributed by atoms with Gasteiger partial charge in [0.1, 0.15) is 35.4 Å². The summed E-state index contributed by atoms with van der Waals surface area (Å²) < 4.78 is 0. The molecule has 3 aromatic carbocycles. The van der Waals surface area contributed by atoms with E-state index >= 15 is 0 Å². The first-order valence-electron chi connectivity index (χ1n) is 14.3. The highest BCUT2D eigenvalue weighted by atomic mass is 16.4. The topological polar surface area (TPSA) is 254 Å². The van der Waals surface area contributed by atoms with Gasteiger partial charge >= 0.3 is 5.97 Å². The number of primary amides is 1. The highest BCUT2D eigenvalue weighted by molar-refractivity contribution is 5.94. The number of amides is 4. The molecule has 0 saturated heterocycles. The van der Waals surface area contributed by atoms with E-state index in [1.54, 1.807) is 12.1 Å². The molecule has 4 atom stereocenters. The number of carbonyl (C=O) groups excluding carboxylic acids is 4. The van der Waals surface area contributed by atoms with E-state index in [4.69, 9.17) is 11.5 Å². The van der Waals surface area contributed by atoms with Crippen molar-refractivity contribution in [2.45, 2.75) is 56.3 Å². The minimum atomic E-state index is -1.40. The zero-order valence-electron chi connectivity index (χ0n) is 24.8. The molecular weight excluding hydrogens is 598 g/mol. The lowest BCUT2D eigenvalue weighted by Gasteiger charge is -2.25. The number of aromatic hydroxyl groups is 3. The van der Waals surface area contributed by atoms with E-state index in [9.17, 15) is 44.4 Å². The van der Waals surface area contributed by atoms with Crippen LogP contribution in [0.3, 0.4) is 0 Å². The van der Waals surface area contributed by atoms with Crippen molar-refractivity contribution >= 4 is 29.6 Å². The van der Waals surface area contributed by atoms with Crippen LogP contribution in [-0.4, -0.2) is 74.2 Å². The summed E-state index contributed by atoms with van der Waals surface area (Å²) in [6, 6.07) is 12.4. The molecule has 0 aliphatic heterocycles. The first kappa shape index (κ1) is 34.9. The average molecular weight is 636 g/mol. The molecule has 0 radical (unpaired) electrons. The number of carboxylic acid groups (broad SMARTS) is 1. The van der Waals surface area contributed by atoms with Crippen molar-refractivity contribution in [3.63, 3.8) is 0 Å². The molecule has 0 spiro atoms. The zero-order valence-corrected chi connectivity index (χ0v) is 24.8. The Hall–Kier alpha value is -5.63. The molecule has 0 aromatic heterocycles. The summed E-state index contributed by atoms with van der Waals surface area (Å²) in [4.78, 5) is 63.5. The van der Waals surface area contributed by atoms with Gasteiger partial charge in [-0.15, -0.1) is 0 Å². The van der Waals surface area contributed by atoms with Crippen LogP contribution in [0.25, 0.3) is 0 Å². The summed E-state index contributed by atoms with van der Waals surface area (Å²) in [5, 5.41) is 46.0. The lowest BCUT2D eigenvalue weighted by Crippen LogP contribution is -2.58. The van der Waals surface area contributed by atoms with E-state index in [-0.39, 0.29) is 49.4 Å². The second-order valence-corrected chi connectivity index (χ2v) is 10.7. The van der Waals surface area contributed by atoms with Gasteiger partial charge in [-0.25, -0.2) is 4.79 Å². The largest absolute Gasteiger partial charge is 0.508 e. The van der Waals surface area contributed by atoms with Crippen LogP contribution in [0.5, 0.6) is 17.2 Å². The molecule has 0 bridgehead atoms. The number of phenols is 3. The highest BCUT2D eigenvalue weighted by Crippen LogP contribution is 2.15. The van der Waals surface area contributed by atoms with Crippen LogP contribution >= 0.6 is 0 Å². The van der Waals surface area contributed by atoms with Crippen molar-refractivity contribution < 1.29 is 44.4 Å². The van der Waals surface area contributed by atoms with E-state index in [1.165, 1.54) is 60.7 Å². The quantitative estimate of drug-likeness (QED) is 0.102. The molecule has 0 saturated carbocycles. The van der Waals surface area contributed by atoms with Gasteiger partial charge in [0.2, 0.25) is 23.6 Å². The Kier molecular flexibility index (Phi) is 12.5. The van der Waals surface area contributed by atoms with Gasteiger partial charge in [-0.2, -0.15) is 0 Å². The van der Waals surface area contributed by atoms with Crippen LogP contribution in [0.4, 0.5) is 0 Å². The maximum Gasteiger partial charge on any atom is 0.326 e. The van der Waals surface area contributed by atoms with Crippen LogP contribution in [0, 0.1) is 0 Å². The van der Waals surface area contributed by atoms with Gasteiger partial charge < -0.3 is 47.8 Å². The fourth-order valence-electron chi connectivity index (χ4n) is 4.50. The van der Waals surface area contributed by atoms with Crippen molar-refractivity contribution in [2.75, 3.05) is 0 Å². The lowest BCUT2D eigenvalue weighted by atomic mass is 10.0. The summed E-state index contributed by atoms with van der Waals surface area (Å²) in [6.07, 6.45) is -0.684. The van der Waals surface area contributed by atoms with Gasteiger partial charge in [-0.1, -0.05) is 36.4 Å². The van der Waals surface area contributed by atoms with Gasteiger partial charge in [0.15, 0.2) is 0 Å². The molecule has 4 unspecified atom stereocenters. The molecule has 0 heterocycles. The highest BCUT2D eigenvalue weighted by Gasteiger charge is 2.31. The van der Waals surface area contributed by atoms with Crippen molar-refractivity contribution in [2.24, 2.45) is 11.5 Å². The lowest BCUT2D eigenvalue weighted by molar-refractivity contribution is -0.142. The average Bonchev–Trinajstić information content (AvgIpc) is 3.01. The molecule has 3 rings (SSSR count). The third-order valence-electron chi connectivity index (χ3n) is 7.04. The Labute approximate surface area is 264 Å². The van der Waals surface area contributed by atoms with Crippen molar-refractivity contribution in [1.29, 1.82) is 0 Å². The van der Waals surface area contributed by atoms with Gasteiger partial charge in [0.25, 0.3) is 0 Å². The summed E-state index contributed by atoms with van der Waals surface area (Å²) in [5.41, 5.74) is 13.0. The van der Waals surface area contributed by atoms with Gasteiger partial charge in [0, 0.05) is 19.3 Å². The maximum absolute atomic E-state index is 13.5. The van der Waals surface area contributed by atoms with Crippen molar-refractivity contribution in [3.05, 3.63) is 89.5 Å². The van der Waals surface area contributed by atoms with E-state index < -0.39 is 53.8 Å². The monoisotopic (exact) mass is 635 g/mol. The molecule has 46 heavy (non-hydrogen) atoms. The fourth-order valence-corrected chi connectivity index (χ4v) is 4.50. The van der Waals surface area contributed by atoms with Crippen LogP contribution < -0.4 is 27.4 Å². The number of nitrogens with one attached hydrogen (secondary N) is 3. The number of nitrogens with two attached hydrogens (primary N) is 2. The molecule has 0 fully saturated rings. The summed E-state index contributed by atoms with van der Waals surface area (Å²) in [7, 11) is 0. The van der Waals surface area contributed by atoms with Crippen LogP contribution in [0.1, 0.15) is 29.5 Å². The minimum Gasteiger partial charge on any atom is -0.508 e.